The number of nitrogens with zero attached hydrogens (tertiary/aromatic N) is 6. The van der Waals surface area contributed by atoms with Crippen molar-refractivity contribution in [2.24, 2.45) is 12.8 Å². The van der Waals surface area contributed by atoms with Gasteiger partial charge in [0.05, 0.1) is 12.1 Å². The second-order valence-corrected chi connectivity index (χ2v) is 10.2. The number of allylic oxidation sites excluding steroid dienone is 2. The summed E-state index contributed by atoms with van der Waals surface area (Å²) in [4.78, 5) is 61.3. The number of halogens is 1. The van der Waals surface area contributed by atoms with Gasteiger partial charge < -0.3 is 20.1 Å². The van der Waals surface area contributed by atoms with Crippen molar-refractivity contribution in [3.63, 3.8) is 0 Å². The minimum Gasteiger partial charge on any atom is -0.345 e. The summed E-state index contributed by atoms with van der Waals surface area (Å²) in [5, 5.41) is 0. The first-order valence-corrected chi connectivity index (χ1v) is 12.7. The zero-order chi connectivity index (χ0) is 27.7. The molecule has 3 aromatic rings. The zero-order valence-electron chi connectivity index (χ0n) is 23.0. The summed E-state index contributed by atoms with van der Waals surface area (Å²) in [6.07, 6.45) is 3.79. The quantitative estimate of drug-likeness (QED) is 0.346. The van der Waals surface area contributed by atoms with Crippen molar-refractivity contribution in [2.75, 3.05) is 32.1 Å². The average molecular weight is 558 g/mol. The van der Waals surface area contributed by atoms with E-state index in [0.29, 0.717) is 19.0 Å². The van der Waals surface area contributed by atoms with E-state index in [1.54, 1.807) is 43.9 Å². The SMILES string of the molecule is CC(C)=CCn1c(N2CCCC(N)C2)nc2c1c(=O)n(CC(=O)c1ccccc1C(=O)N(C)C)c(=O)n2C.Cl. The van der Waals surface area contributed by atoms with Crippen molar-refractivity contribution in [1.82, 2.24) is 23.6 Å². The lowest BCUT2D eigenvalue weighted by atomic mass is 10.0. The molecule has 1 amide bonds. The van der Waals surface area contributed by atoms with Crippen LogP contribution in [0.4, 0.5) is 5.95 Å². The average Bonchev–Trinajstić information content (AvgIpc) is 3.28. The van der Waals surface area contributed by atoms with Gasteiger partial charge in [-0.15, -0.1) is 12.4 Å². The molecule has 3 heterocycles. The second kappa shape index (κ2) is 12.0. The van der Waals surface area contributed by atoms with Gasteiger partial charge in [0.1, 0.15) is 0 Å². The number of imidazole rings is 1. The Labute approximate surface area is 232 Å². The maximum atomic E-state index is 13.8. The van der Waals surface area contributed by atoms with Gasteiger partial charge in [-0.05, 0) is 32.8 Å². The highest BCUT2D eigenvalue weighted by Gasteiger charge is 2.27. The molecule has 2 aromatic heterocycles. The van der Waals surface area contributed by atoms with Gasteiger partial charge in [-0.2, -0.15) is 4.98 Å². The minimum absolute atomic E-state index is 0. The highest BCUT2D eigenvalue weighted by molar-refractivity contribution is 6.07. The van der Waals surface area contributed by atoms with Crippen molar-refractivity contribution in [3.05, 3.63) is 67.9 Å². The molecule has 0 bridgehead atoms. The number of carbonyl (C=O) groups excluding carboxylic acids is 2. The minimum atomic E-state index is -0.652. The summed E-state index contributed by atoms with van der Waals surface area (Å²) in [7, 11) is 4.73. The molecule has 2 N–H and O–H groups in total. The molecule has 0 saturated carbocycles. The van der Waals surface area contributed by atoms with Gasteiger partial charge in [0, 0.05) is 52.4 Å². The maximum absolute atomic E-state index is 13.8. The van der Waals surface area contributed by atoms with Crippen LogP contribution in [0.15, 0.2) is 45.5 Å². The molecule has 1 atom stereocenters. The van der Waals surface area contributed by atoms with Crippen molar-refractivity contribution in [1.29, 1.82) is 0 Å². The standard InChI is InChI=1S/C27H35N7O4.ClH/c1-17(2)12-14-33-22-23(29-26(33)32-13-8-9-18(28)15-32)31(5)27(38)34(25(22)37)16-21(35)19-10-6-7-11-20(19)24(36)30(3)4;/h6-7,10-12,18H,8-9,13-16,28H2,1-5H3;1H. The number of nitrogens with two attached hydrogens (primary N) is 1. The summed E-state index contributed by atoms with van der Waals surface area (Å²) in [6, 6.07) is 6.39. The number of anilines is 1. The van der Waals surface area contributed by atoms with Crippen LogP contribution < -0.4 is 21.9 Å². The van der Waals surface area contributed by atoms with E-state index >= 15 is 0 Å². The Balaban J connectivity index is 0.00000420. The molecule has 39 heavy (non-hydrogen) atoms. The summed E-state index contributed by atoms with van der Waals surface area (Å²) in [5.74, 6) is -0.272. The van der Waals surface area contributed by atoms with Gasteiger partial charge in [-0.1, -0.05) is 29.8 Å². The van der Waals surface area contributed by atoms with Crippen LogP contribution in [0.5, 0.6) is 0 Å². The molecule has 210 valence electrons. The normalized spacial score (nSPS) is 15.1. The van der Waals surface area contributed by atoms with Gasteiger partial charge in [0.15, 0.2) is 16.9 Å². The Hall–Kier alpha value is -3.70. The number of hydrogen-bond acceptors (Lipinski definition) is 7. The molecule has 1 fully saturated rings. The van der Waals surface area contributed by atoms with Crippen LogP contribution in [0.3, 0.4) is 0 Å². The second-order valence-electron chi connectivity index (χ2n) is 10.2. The first-order chi connectivity index (χ1) is 18.0. The Morgan fingerprint density at radius 2 is 1.79 bits per heavy atom. The van der Waals surface area contributed by atoms with Gasteiger partial charge in [0.2, 0.25) is 5.95 Å². The molecule has 0 spiro atoms. The number of aromatic nitrogens is 4. The Morgan fingerprint density at radius 3 is 2.41 bits per heavy atom. The third-order valence-corrected chi connectivity index (χ3v) is 6.80. The summed E-state index contributed by atoms with van der Waals surface area (Å²) in [6.45, 7) is 5.14. The fourth-order valence-corrected chi connectivity index (χ4v) is 4.76. The molecule has 1 aromatic carbocycles. The lowest BCUT2D eigenvalue weighted by Gasteiger charge is -2.31. The van der Waals surface area contributed by atoms with Crippen LogP contribution in [-0.4, -0.2) is 68.5 Å². The first-order valence-electron chi connectivity index (χ1n) is 12.7. The van der Waals surface area contributed by atoms with E-state index in [1.165, 1.54) is 15.5 Å². The number of benzene rings is 1. The number of Topliss-reactive ketones (excluding diaryl/α,β-unsaturated/α-hetero) is 1. The van der Waals surface area contributed by atoms with Gasteiger partial charge in [-0.25, -0.2) is 4.79 Å². The van der Waals surface area contributed by atoms with Crippen LogP contribution in [0, 0.1) is 0 Å². The van der Waals surface area contributed by atoms with E-state index in [1.807, 2.05) is 19.9 Å². The third-order valence-electron chi connectivity index (χ3n) is 6.80. The highest BCUT2D eigenvalue weighted by atomic mass is 35.5. The summed E-state index contributed by atoms with van der Waals surface area (Å²) >= 11 is 0. The lowest BCUT2D eigenvalue weighted by Crippen LogP contribution is -2.44. The summed E-state index contributed by atoms with van der Waals surface area (Å²) < 4.78 is 4.02. The van der Waals surface area contributed by atoms with E-state index < -0.39 is 23.6 Å². The molecule has 1 unspecified atom stereocenters. The number of carbonyl (C=O) groups is 2. The maximum Gasteiger partial charge on any atom is 0.332 e. The van der Waals surface area contributed by atoms with Crippen LogP contribution in [0.2, 0.25) is 0 Å². The van der Waals surface area contributed by atoms with E-state index in [9.17, 15) is 19.2 Å². The molecule has 1 aliphatic rings. The van der Waals surface area contributed by atoms with E-state index in [-0.39, 0.29) is 46.6 Å². The van der Waals surface area contributed by atoms with E-state index in [4.69, 9.17) is 10.7 Å². The largest absolute Gasteiger partial charge is 0.345 e. The smallest absolute Gasteiger partial charge is 0.332 e. The Kier molecular flexibility index (Phi) is 9.18. The molecular formula is C27H36ClN7O4. The molecular weight excluding hydrogens is 522 g/mol. The van der Waals surface area contributed by atoms with Gasteiger partial charge in [-0.3, -0.25) is 23.5 Å². The monoisotopic (exact) mass is 557 g/mol. The zero-order valence-corrected chi connectivity index (χ0v) is 23.8. The van der Waals surface area contributed by atoms with Crippen LogP contribution in [-0.2, 0) is 20.1 Å². The highest BCUT2D eigenvalue weighted by Crippen LogP contribution is 2.23. The van der Waals surface area contributed by atoms with Crippen molar-refractivity contribution in [2.45, 2.75) is 45.8 Å². The van der Waals surface area contributed by atoms with Crippen molar-refractivity contribution >= 4 is 41.2 Å². The number of aryl methyl sites for hydroxylation is 1. The lowest BCUT2D eigenvalue weighted by molar-refractivity contribution is 0.0819. The molecule has 11 nitrogen and oxygen atoms in total. The van der Waals surface area contributed by atoms with Crippen molar-refractivity contribution in [3.8, 4) is 0 Å². The number of rotatable bonds is 7. The van der Waals surface area contributed by atoms with Crippen LogP contribution in [0.25, 0.3) is 11.2 Å². The third kappa shape index (κ3) is 5.84. The van der Waals surface area contributed by atoms with E-state index in [2.05, 4.69) is 4.90 Å². The van der Waals surface area contributed by atoms with Gasteiger partial charge >= 0.3 is 5.69 Å². The number of piperidine rings is 1. The molecule has 4 rings (SSSR count). The molecule has 1 saturated heterocycles. The molecule has 0 aliphatic carbocycles. The Morgan fingerprint density at radius 1 is 1.13 bits per heavy atom. The van der Waals surface area contributed by atoms with Crippen LogP contribution >= 0.6 is 12.4 Å². The molecule has 1 aliphatic heterocycles. The topological polar surface area (TPSA) is 128 Å². The Bertz CT molecular complexity index is 1550. The predicted octanol–water partition coefficient (Wildman–Crippen LogP) is 1.80. The predicted molar refractivity (Wildman–Crippen MR) is 154 cm³/mol. The molecule has 12 heteroatoms. The van der Waals surface area contributed by atoms with Crippen LogP contribution in [0.1, 0.15) is 47.4 Å². The number of hydrogen-bond donors (Lipinski definition) is 1. The number of fused-ring (bicyclic) bond motifs is 1. The van der Waals surface area contributed by atoms with Gasteiger partial charge in [0.25, 0.3) is 11.5 Å². The summed E-state index contributed by atoms with van der Waals surface area (Å²) in [5.41, 5.74) is 6.90. The number of amides is 1. The van der Waals surface area contributed by atoms with E-state index in [0.717, 1.165) is 29.5 Å². The van der Waals surface area contributed by atoms with Crippen molar-refractivity contribution < 1.29 is 9.59 Å². The fraction of sp³-hybridized carbons (Fsp3) is 0.444. The fourth-order valence-electron chi connectivity index (χ4n) is 4.76. The number of ketones is 1. The molecule has 0 radical (unpaired) electrons. The first kappa shape index (κ1) is 29.9.